The smallest absolute Gasteiger partial charge is 0.263 e. The van der Waals surface area contributed by atoms with Crippen LogP contribution in [0.1, 0.15) is 33.6 Å². The van der Waals surface area contributed by atoms with Crippen LogP contribution in [0.3, 0.4) is 0 Å². The molecule has 1 fully saturated rings. The van der Waals surface area contributed by atoms with E-state index in [0.717, 1.165) is 29.0 Å². The fourth-order valence-electron chi connectivity index (χ4n) is 3.16. The molecule has 0 saturated carbocycles. The molecule has 0 aliphatic carbocycles. The molecule has 2 heterocycles. The van der Waals surface area contributed by atoms with Gasteiger partial charge in [-0.05, 0) is 49.8 Å². The highest BCUT2D eigenvalue weighted by Crippen LogP contribution is 2.19. The second kappa shape index (κ2) is 8.36. The number of hydrogen-bond donors (Lipinski definition) is 1. The van der Waals surface area contributed by atoms with Crippen molar-refractivity contribution in [1.82, 2.24) is 10.2 Å². The van der Waals surface area contributed by atoms with Crippen molar-refractivity contribution >= 4 is 23.2 Å². The van der Waals surface area contributed by atoms with E-state index in [9.17, 15) is 9.59 Å². The lowest BCUT2D eigenvalue weighted by Crippen LogP contribution is -2.47. The molecule has 1 aromatic heterocycles. The number of rotatable bonds is 5. The minimum atomic E-state index is -0.118. The predicted octanol–water partition coefficient (Wildman–Crippen LogP) is 3.16. The van der Waals surface area contributed by atoms with Crippen LogP contribution in [0, 0.1) is 13.8 Å². The summed E-state index contributed by atoms with van der Waals surface area (Å²) in [7, 11) is 0. The van der Waals surface area contributed by atoms with Gasteiger partial charge in [0.1, 0.15) is 5.75 Å². The van der Waals surface area contributed by atoms with Crippen LogP contribution >= 0.6 is 11.3 Å². The van der Waals surface area contributed by atoms with Crippen LogP contribution in [-0.2, 0) is 4.79 Å². The average Bonchev–Trinajstić information content (AvgIpc) is 3.16. The summed E-state index contributed by atoms with van der Waals surface area (Å²) < 4.78 is 5.63. The van der Waals surface area contributed by atoms with Crippen LogP contribution in [0.25, 0.3) is 0 Å². The third kappa shape index (κ3) is 4.64. The summed E-state index contributed by atoms with van der Waals surface area (Å²) in [4.78, 5) is 27.1. The van der Waals surface area contributed by atoms with Gasteiger partial charge >= 0.3 is 0 Å². The number of piperidine rings is 1. The van der Waals surface area contributed by atoms with Crippen LogP contribution in [0.2, 0.25) is 0 Å². The molecule has 1 aliphatic heterocycles. The topological polar surface area (TPSA) is 58.6 Å². The summed E-state index contributed by atoms with van der Waals surface area (Å²) in [5.41, 5.74) is 2.20. The highest BCUT2D eigenvalue weighted by Gasteiger charge is 2.25. The van der Waals surface area contributed by atoms with Crippen molar-refractivity contribution in [2.24, 2.45) is 0 Å². The van der Waals surface area contributed by atoms with Gasteiger partial charge in [0.2, 0.25) is 0 Å². The van der Waals surface area contributed by atoms with Gasteiger partial charge in [-0.3, -0.25) is 9.59 Å². The maximum atomic E-state index is 12.3. The standard InChI is InChI=1S/C20H24N2O3S/c1-14-5-6-17(15(2)12-14)25-13-19(23)21-16-7-9-22(10-8-16)20(24)18-4-3-11-26-18/h3-6,11-12,16H,7-10,13H2,1-2H3,(H,21,23). The Kier molecular flexibility index (Phi) is 5.93. The number of ether oxygens (including phenoxy) is 1. The fraction of sp³-hybridized carbons (Fsp3) is 0.400. The summed E-state index contributed by atoms with van der Waals surface area (Å²) in [6, 6.07) is 9.74. The van der Waals surface area contributed by atoms with Crippen molar-refractivity contribution in [3.05, 3.63) is 51.7 Å². The number of thiophene rings is 1. The molecule has 2 aromatic rings. The minimum Gasteiger partial charge on any atom is -0.484 e. The van der Waals surface area contributed by atoms with Crippen LogP contribution in [0.5, 0.6) is 5.75 Å². The van der Waals surface area contributed by atoms with Crippen molar-refractivity contribution in [3.8, 4) is 5.75 Å². The summed E-state index contributed by atoms with van der Waals surface area (Å²) in [5.74, 6) is 0.707. The lowest BCUT2D eigenvalue weighted by molar-refractivity contribution is -0.124. The first-order chi connectivity index (χ1) is 12.5. The Morgan fingerprint density at radius 3 is 2.65 bits per heavy atom. The van der Waals surface area contributed by atoms with Crippen LogP contribution < -0.4 is 10.1 Å². The number of nitrogens with zero attached hydrogens (tertiary/aromatic N) is 1. The summed E-state index contributed by atoms with van der Waals surface area (Å²) >= 11 is 1.47. The average molecular weight is 372 g/mol. The van der Waals surface area contributed by atoms with Crippen molar-refractivity contribution in [3.63, 3.8) is 0 Å². The molecule has 3 rings (SSSR count). The number of likely N-dealkylation sites (tertiary alicyclic amines) is 1. The van der Waals surface area contributed by atoms with E-state index >= 15 is 0 Å². The van der Waals surface area contributed by atoms with Gasteiger partial charge < -0.3 is 15.0 Å². The zero-order valence-electron chi connectivity index (χ0n) is 15.2. The summed E-state index contributed by atoms with van der Waals surface area (Å²) in [6.07, 6.45) is 1.54. The van der Waals surface area contributed by atoms with Gasteiger partial charge in [0.05, 0.1) is 4.88 Å². The van der Waals surface area contributed by atoms with Gasteiger partial charge in [0.15, 0.2) is 6.61 Å². The van der Waals surface area contributed by atoms with Gasteiger partial charge in [-0.1, -0.05) is 23.8 Å². The van der Waals surface area contributed by atoms with E-state index in [2.05, 4.69) is 5.32 Å². The van der Waals surface area contributed by atoms with Crippen LogP contribution in [0.4, 0.5) is 0 Å². The summed E-state index contributed by atoms with van der Waals surface area (Å²) in [6.45, 7) is 5.34. The van der Waals surface area contributed by atoms with Gasteiger partial charge in [-0.2, -0.15) is 0 Å². The van der Waals surface area contributed by atoms with E-state index in [0.29, 0.717) is 13.1 Å². The number of hydrogen-bond acceptors (Lipinski definition) is 4. The third-order valence-corrected chi connectivity index (χ3v) is 5.43. The molecule has 1 N–H and O–H groups in total. The zero-order chi connectivity index (χ0) is 18.5. The second-order valence-electron chi connectivity index (χ2n) is 6.67. The number of aryl methyl sites for hydroxylation is 2. The van der Waals surface area contributed by atoms with E-state index in [1.807, 2.05) is 54.5 Å². The molecule has 2 amide bonds. The number of amides is 2. The molecule has 1 saturated heterocycles. The lowest BCUT2D eigenvalue weighted by Gasteiger charge is -2.32. The Morgan fingerprint density at radius 1 is 1.23 bits per heavy atom. The minimum absolute atomic E-state index is 0.0121. The molecular formula is C20H24N2O3S. The van der Waals surface area contributed by atoms with Crippen LogP contribution in [0.15, 0.2) is 35.7 Å². The first-order valence-corrected chi connectivity index (χ1v) is 9.73. The molecule has 0 radical (unpaired) electrons. The highest BCUT2D eigenvalue weighted by atomic mass is 32.1. The normalized spacial score (nSPS) is 14.9. The Bertz CT molecular complexity index is 765. The molecule has 0 atom stereocenters. The first-order valence-electron chi connectivity index (χ1n) is 8.85. The molecule has 1 aliphatic rings. The Morgan fingerprint density at radius 2 is 2.00 bits per heavy atom. The zero-order valence-corrected chi connectivity index (χ0v) is 16.0. The Labute approximate surface area is 158 Å². The fourth-order valence-corrected chi connectivity index (χ4v) is 3.85. The van der Waals surface area contributed by atoms with E-state index in [1.165, 1.54) is 16.9 Å². The molecule has 6 heteroatoms. The number of benzene rings is 1. The lowest BCUT2D eigenvalue weighted by atomic mass is 10.0. The largest absolute Gasteiger partial charge is 0.484 e. The number of carbonyl (C=O) groups is 2. The van der Waals surface area contributed by atoms with Gasteiger partial charge in [0.25, 0.3) is 11.8 Å². The van der Waals surface area contributed by atoms with Crippen molar-refractivity contribution in [2.75, 3.05) is 19.7 Å². The van der Waals surface area contributed by atoms with Crippen molar-refractivity contribution in [1.29, 1.82) is 0 Å². The van der Waals surface area contributed by atoms with Gasteiger partial charge in [-0.15, -0.1) is 11.3 Å². The maximum absolute atomic E-state index is 12.3. The van der Waals surface area contributed by atoms with Gasteiger partial charge in [-0.25, -0.2) is 0 Å². The Hall–Kier alpha value is -2.34. The molecule has 26 heavy (non-hydrogen) atoms. The molecule has 1 aromatic carbocycles. The van der Waals surface area contributed by atoms with Crippen molar-refractivity contribution < 1.29 is 14.3 Å². The molecular weight excluding hydrogens is 348 g/mol. The molecule has 5 nitrogen and oxygen atoms in total. The van der Waals surface area contributed by atoms with E-state index in [4.69, 9.17) is 4.74 Å². The first kappa shape index (κ1) is 18.5. The van der Waals surface area contributed by atoms with Crippen molar-refractivity contribution in [2.45, 2.75) is 32.7 Å². The van der Waals surface area contributed by atoms with E-state index < -0.39 is 0 Å². The monoisotopic (exact) mass is 372 g/mol. The molecule has 138 valence electrons. The Balaban J connectivity index is 1.42. The van der Waals surface area contributed by atoms with E-state index in [1.54, 1.807) is 0 Å². The molecule has 0 unspecified atom stereocenters. The number of carbonyl (C=O) groups excluding carboxylic acids is 2. The quantitative estimate of drug-likeness (QED) is 0.877. The number of nitrogens with one attached hydrogen (secondary N) is 1. The van der Waals surface area contributed by atoms with Gasteiger partial charge in [0, 0.05) is 19.1 Å². The van der Waals surface area contributed by atoms with Crippen LogP contribution in [-0.4, -0.2) is 42.5 Å². The van der Waals surface area contributed by atoms with E-state index in [-0.39, 0.29) is 24.5 Å². The molecule has 0 spiro atoms. The predicted molar refractivity (Wildman–Crippen MR) is 103 cm³/mol. The third-order valence-electron chi connectivity index (χ3n) is 4.57. The second-order valence-corrected chi connectivity index (χ2v) is 7.62. The molecule has 0 bridgehead atoms. The maximum Gasteiger partial charge on any atom is 0.263 e. The summed E-state index contributed by atoms with van der Waals surface area (Å²) in [5, 5.41) is 4.93. The SMILES string of the molecule is Cc1ccc(OCC(=O)NC2CCN(C(=O)c3cccs3)CC2)c(C)c1. The highest BCUT2D eigenvalue weighted by molar-refractivity contribution is 7.12.